The van der Waals surface area contributed by atoms with Gasteiger partial charge in [-0.3, -0.25) is 28.6 Å². The second kappa shape index (κ2) is 16.4. The number of halogens is 16. The van der Waals surface area contributed by atoms with Crippen molar-refractivity contribution in [3.8, 4) is 11.1 Å². The zero-order chi connectivity index (χ0) is 48.4. The van der Waals surface area contributed by atoms with Gasteiger partial charge in [0.15, 0.2) is 0 Å². The van der Waals surface area contributed by atoms with Crippen LogP contribution in [0, 0.1) is 20.2 Å². The maximum Gasteiger partial charge on any atom is 0.380 e. The summed E-state index contributed by atoms with van der Waals surface area (Å²) >= 11 is 0. The van der Waals surface area contributed by atoms with Crippen molar-refractivity contribution in [3.05, 3.63) is 85.4 Å². The molecule has 0 atom stereocenters. The Kier molecular flexibility index (Phi) is 13.1. The van der Waals surface area contributed by atoms with Gasteiger partial charge in [0.1, 0.15) is 23.0 Å². The quantitative estimate of drug-likeness (QED) is 0.0403. The third-order valence-corrected chi connectivity index (χ3v) is 11.3. The van der Waals surface area contributed by atoms with Gasteiger partial charge in [0.25, 0.3) is 31.6 Å². The van der Waals surface area contributed by atoms with Crippen LogP contribution in [-0.4, -0.2) is 102 Å². The van der Waals surface area contributed by atoms with E-state index in [2.05, 4.69) is 8.37 Å². The molecule has 0 spiro atoms. The van der Waals surface area contributed by atoms with Crippen LogP contribution in [0.25, 0.3) is 22.8 Å². The third-order valence-electron chi connectivity index (χ3n) is 8.80. The van der Waals surface area contributed by atoms with Gasteiger partial charge < -0.3 is 4.90 Å². The molecule has 0 radical (unpaired) electrons. The lowest BCUT2D eigenvalue weighted by Gasteiger charge is -2.31. The van der Waals surface area contributed by atoms with Gasteiger partial charge in [0.05, 0.1) is 21.0 Å². The average molecular weight is 976 g/mol. The van der Waals surface area contributed by atoms with Crippen molar-refractivity contribution in [3.63, 3.8) is 0 Å². The Bertz CT molecular complexity index is 2430. The second-order valence-corrected chi connectivity index (χ2v) is 16.4. The fourth-order valence-electron chi connectivity index (χ4n) is 5.45. The zero-order valence-electron chi connectivity index (χ0n) is 30.6. The van der Waals surface area contributed by atoms with Crippen LogP contribution in [0.5, 0.6) is 0 Å². The van der Waals surface area contributed by atoms with Crippen molar-refractivity contribution in [2.24, 2.45) is 0 Å². The number of alkyl halides is 16. The van der Waals surface area contributed by atoms with Gasteiger partial charge in [-0.25, -0.2) is 17.6 Å². The molecule has 4 rings (SSSR count). The molecule has 0 aromatic heterocycles. The number of benzene rings is 3. The summed E-state index contributed by atoms with van der Waals surface area (Å²) in [4.78, 5) is 19.8. The molecular weight excluding hydrogens is 954 g/mol. The minimum Gasteiger partial charge on any atom is -0.378 e. The molecule has 348 valence electrons. The van der Waals surface area contributed by atoms with Crippen LogP contribution in [0.4, 0.5) is 87.3 Å². The number of rotatable bonds is 18. The van der Waals surface area contributed by atoms with E-state index in [1.165, 1.54) is 29.2 Å². The summed E-state index contributed by atoms with van der Waals surface area (Å²) in [5.41, 5.74) is -7.56. The standard InChI is InChI=1S/C32H21F16N3O10S2/c1-49(2)15-5-3-14(4-6-15)7-18-19-8-16(62(56,57)60-12-27(37,38)31(45,46)29(41,42)25(33)34)10-21(50(52)53)23(19)24-20(18)9-17(11-22(24)51(54)55)63(58,59)61-13-28(39,40)32(47,48)30(43,44)26(35)36/h3-11,25-26H,12-13H2,1-2H3. The maximum atomic E-state index is 14.3. The summed E-state index contributed by atoms with van der Waals surface area (Å²) in [6.45, 7) is -6.65. The minimum atomic E-state index is -7.01. The zero-order valence-corrected chi connectivity index (χ0v) is 32.2. The third kappa shape index (κ3) is 8.82. The summed E-state index contributed by atoms with van der Waals surface area (Å²) in [6.07, 6.45) is -10.0. The first-order chi connectivity index (χ1) is 28.4. The highest BCUT2D eigenvalue weighted by atomic mass is 32.2. The molecule has 13 nitrogen and oxygen atoms in total. The fraction of sp³-hybridized carbons (Fsp3) is 0.375. The van der Waals surface area contributed by atoms with Crippen LogP contribution in [0.15, 0.2) is 58.3 Å². The Hall–Kier alpha value is -5.30. The molecule has 0 aliphatic heterocycles. The largest absolute Gasteiger partial charge is 0.380 e. The van der Waals surface area contributed by atoms with Crippen molar-refractivity contribution in [1.29, 1.82) is 0 Å². The highest BCUT2D eigenvalue weighted by Crippen LogP contribution is 2.55. The molecule has 0 fully saturated rings. The maximum absolute atomic E-state index is 14.3. The molecule has 0 bridgehead atoms. The summed E-state index contributed by atoms with van der Waals surface area (Å²) in [6, 6.07) is 5.33. The van der Waals surface area contributed by atoms with E-state index in [9.17, 15) is 107 Å². The van der Waals surface area contributed by atoms with Crippen LogP contribution in [0.3, 0.4) is 0 Å². The number of nitrogens with zero attached hydrogens (tertiary/aromatic N) is 3. The van der Waals surface area contributed by atoms with E-state index in [4.69, 9.17) is 0 Å². The smallest absolute Gasteiger partial charge is 0.378 e. The van der Waals surface area contributed by atoms with Crippen molar-refractivity contribution >= 4 is 48.9 Å². The molecule has 0 amide bonds. The minimum absolute atomic E-state index is 0.0719. The van der Waals surface area contributed by atoms with Gasteiger partial charge in [-0.1, -0.05) is 12.1 Å². The summed E-state index contributed by atoms with van der Waals surface area (Å²) in [7, 11) is -9.24. The van der Waals surface area contributed by atoms with E-state index in [0.29, 0.717) is 5.69 Å². The Labute approximate surface area is 341 Å². The van der Waals surface area contributed by atoms with Gasteiger partial charge in [0.2, 0.25) is 0 Å². The fourth-order valence-corrected chi connectivity index (χ4v) is 7.36. The second-order valence-electron chi connectivity index (χ2n) is 13.1. The number of fused-ring (bicyclic) bond motifs is 3. The van der Waals surface area contributed by atoms with E-state index >= 15 is 0 Å². The highest BCUT2D eigenvalue weighted by Gasteiger charge is 2.76. The van der Waals surface area contributed by atoms with E-state index < -0.39 is 141 Å². The molecule has 0 N–H and O–H groups in total. The summed E-state index contributed by atoms with van der Waals surface area (Å²) < 4.78 is 276. The highest BCUT2D eigenvalue weighted by molar-refractivity contribution is 7.87. The number of hydrogen-bond acceptors (Lipinski definition) is 11. The first-order valence-corrected chi connectivity index (χ1v) is 19.0. The number of anilines is 1. The van der Waals surface area contributed by atoms with Crippen molar-refractivity contribution in [2.45, 2.75) is 58.2 Å². The van der Waals surface area contributed by atoms with Gasteiger partial charge in [-0.15, -0.1) is 0 Å². The Morgan fingerprint density at radius 2 is 0.952 bits per heavy atom. The molecule has 0 saturated heterocycles. The van der Waals surface area contributed by atoms with E-state index in [1.807, 2.05) is 0 Å². The molecule has 3 aromatic rings. The van der Waals surface area contributed by atoms with Gasteiger partial charge >= 0.3 is 48.4 Å². The molecule has 1 aliphatic rings. The first-order valence-electron chi connectivity index (χ1n) is 16.2. The van der Waals surface area contributed by atoms with Crippen LogP contribution < -0.4 is 4.90 Å². The van der Waals surface area contributed by atoms with Gasteiger partial charge in [-0.05, 0) is 52.6 Å². The predicted octanol–water partition coefficient (Wildman–Crippen LogP) is 8.89. The molecule has 0 unspecified atom stereocenters. The monoisotopic (exact) mass is 975 g/mol. The normalized spacial score (nSPS) is 14.3. The Balaban J connectivity index is 1.99. The lowest BCUT2D eigenvalue weighted by Crippen LogP contribution is -2.59. The lowest BCUT2D eigenvalue weighted by molar-refractivity contribution is -0.386. The Morgan fingerprint density at radius 1 is 0.619 bits per heavy atom. The number of hydrogen-bond donors (Lipinski definition) is 0. The van der Waals surface area contributed by atoms with Crippen molar-refractivity contribution in [2.75, 3.05) is 32.2 Å². The van der Waals surface area contributed by atoms with Crippen LogP contribution >= 0.6 is 0 Å². The van der Waals surface area contributed by atoms with E-state index in [0.717, 1.165) is 6.08 Å². The Morgan fingerprint density at radius 3 is 1.24 bits per heavy atom. The van der Waals surface area contributed by atoms with Gasteiger partial charge in [-0.2, -0.15) is 69.5 Å². The van der Waals surface area contributed by atoms with Crippen molar-refractivity contribution < 1.29 is 105 Å². The summed E-state index contributed by atoms with van der Waals surface area (Å²) in [5, 5.41) is 24.7. The average Bonchev–Trinajstić information content (AvgIpc) is 3.48. The molecule has 3 aromatic carbocycles. The molecule has 31 heteroatoms. The van der Waals surface area contributed by atoms with Crippen LogP contribution in [0.1, 0.15) is 16.7 Å². The SMILES string of the molecule is CN(C)c1ccc(C=C2c3cc(S(=O)(=O)OCC(F)(F)C(F)(F)C(F)(F)C(F)F)cc([N+](=O)[O-])c3-c3c2cc(S(=O)(=O)OCC(F)(F)C(F)(F)C(F)(F)C(F)F)cc3[N+](=O)[O-])cc1. The number of nitro groups is 2. The van der Waals surface area contributed by atoms with Crippen LogP contribution in [0.2, 0.25) is 0 Å². The van der Waals surface area contributed by atoms with E-state index in [1.54, 1.807) is 14.1 Å². The topological polar surface area (TPSA) is 176 Å². The summed E-state index contributed by atoms with van der Waals surface area (Å²) in [5.74, 6) is -40.5. The molecular formula is C32H21F16N3O10S2. The number of nitro benzene ring substituents is 2. The first kappa shape index (κ1) is 50.3. The molecule has 1 aliphatic carbocycles. The van der Waals surface area contributed by atoms with Crippen LogP contribution in [-0.2, 0) is 28.6 Å². The van der Waals surface area contributed by atoms with Gasteiger partial charge in [0, 0.05) is 31.9 Å². The predicted molar refractivity (Wildman–Crippen MR) is 181 cm³/mol. The molecule has 63 heavy (non-hydrogen) atoms. The lowest BCUT2D eigenvalue weighted by atomic mass is 10.0. The van der Waals surface area contributed by atoms with E-state index in [-0.39, 0.29) is 29.8 Å². The molecule has 0 heterocycles. The molecule has 0 saturated carbocycles. The van der Waals surface area contributed by atoms with Crippen molar-refractivity contribution in [1.82, 2.24) is 0 Å².